The second-order valence-corrected chi connectivity index (χ2v) is 11.2. The summed E-state index contributed by atoms with van der Waals surface area (Å²) in [5.41, 5.74) is -1.48. The molecule has 11 nitrogen and oxygen atoms in total. The lowest BCUT2D eigenvalue weighted by molar-refractivity contribution is -0.162. The van der Waals surface area contributed by atoms with Crippen LogP contribution in [-0.2, 0) is 26.7 Å². The Morgan fingerprint density at radius 3 is 2.49 bits per heavy atom. The highest BCUT2D eigenvalue weighted by Crippen LogP contribution is 2.35. The highest BCUT2D eigenvalue weighted by Gasteiger charge is 2.44. The Bertz CT molecular complexity index is 1490. The van der Waals surface area contributed by atoms with Crippen molar-refractivity contribution in [3.05, 3.63) is 41.5 Å². The number of ether oxygens (including phenoxy) is 1. The minimum atomic E-state index is -4.79. The number of benzene rings is 1. The van der Waals surface area contributed by atoms with Gasteiger partial charge in [0.1, 0.15) is 16.8 Å². The first-order valence-electron chi connectivity index (χ1n) is 11.9. The average Bonchev–Trinajstić information content (AvgIpc) is 3.41. The Morgan fingerprint density at radius 1 is 1.17 bits per heavy atom. The Kier molecular flexibility index (Phi) is 8.01. The molecule has 1 aromatic heterocycles. The molecule has 2 aliphatic rings. The summed E-state index contributed by atoms with van der Waals surface area (Å²) in [6, 6.07) is -0.785. The SMILES string of the molecule is CC(NC(=O)C(=O)N1C[C@H]2COc3c(cn(C)c3C(=O)Nc3ccc(F)c(C(F)F)c3)S(=O)(=O)N[C@H]2C1)C(F)(F)F. The first kappa shape index (κ1) is 30.2. The fraction of sp³-hybridized carbons (Fsp3) is 0.435. The van der Waals surface area contributed by atoms with E-state index in [1.54, 1.807) is 5.32 Å². The van der Waals surface area contributed by atoms with E-state index in [-0.39, 0.29) is 31.1 Å². The Balaban J connectivity index is 1.54. The standard InChI is InChI=1S/C23H23F6N5O6S/c1-10(23(27,28)29)30-21(36)22(37)34-6-11-9-40-18-16(41(38,39)32-15(11)7-34)8-33(2)17(18)20(35)31-12-3-4-14(24)13(5-12)19(25)26/h3-5,8,10-11,15,19,32H,6-7,9H2,1-2H3,(H,30,36)(H,31,35)/t10?,11-,15-/m0/s1. The van der Waals surface area contributed by atoms with Crippen LogP contribution in [0.4, 0.5) is 32.0 Å². The van der Waals surface area contributed by atoms with E-state index in [1.807, 2.05) is 0 Å². The van der Waals surface area contributed by atoms with Gasteiger partial charge in [-0.3, -0.25) is 14.4 Å². The van der Waals surface area contributed by atoms with E-state index in [9.17, 15) is 49.1 Å². The molecule has 2 aliphatic heterocycles. The van der Waals surface area contributed by atoms with Gasteiger partial charge in [0.15, 0.2) is 11.4 Å². The van der Waals surface area contributed by atoms with Gasteiger partial charge in [0, 0.05) is 44.0 Å². The second kappa shape index (κ2) is 10.9. The van der Waals surface area contributed by atoms with Crippen molar-refractivity contribution in [2.24, 2.45) is 13.0 Å². The summed E-state index contributed by atoms with van der Waals surface area (Å²) in [7, 11) is -3.08. The summed E-state index contributed by atoms with van der Waals surface area (Å²) in [6.45, 7) is -0.215. The number of carbonyl (C=O) groups is 3. The van der Waals surface area contributed by atoms with Gasteiger partial charge in [-0.25, -0.2) is 26.3 Å². The van der Waals surface area contributed by atoms with Crippen molar-refractivity contribution < 1.29 is 53.9 Å². The minimum Gasteiger partial charge on any atom is -0.489 e. The molecule has 224 valence electrons. The van der Waals surface area contributed by atoms with Gasteiger partial charge in [-0.2, -0.15) is 13.2 Å². The molecule has 0 bridgehead atoms. The molecule has 4 rings (SSSR count). The van der Waals surface area contributed by atoms with Crippen molar-refractivity contribution in [3.8, 4) is 5.75 Å². The number of halogens is 6. The molecule has 1 aromatic carbocycles. The number of rotatable bonds is 4. The highest BCUT2D eigenvalue weighted by molar-refractivity contribution is 7.89. The van der Waals surface area contributed by atoms with E-state index in [2.05, 4.69) is 10.0 Å². The number of amides is 3. The molecule has 3 N–H and O–H groups in total. The van der Waals surface area contributed by atoms with Crippen LogP contribution in [0.1, 0.15) is 29.4 Å². The zero-order valence-electron chi connectivity index (χ0n) is 21.3. The zero-order chi connectivity index (χ0) is 30.4. The Hall–Kier alpha value is -3.80. The summed E-state index contributed by atoms with van der Waals surface area (Å²) in [6.07, 6.45) is -6.88. The number of sulfonamides is 1. The molecule has 1 unspecified atom stereocenters. The lowest BCUT2D eigenvalue weighted by atomic mass is 10.1. The van der Waals surface area contributed by atoms with E-state index in [1.165, 1.54) is 7.05 Å². The number of hydrogen-bond donors (Lipinski definition) is 3. The monoisotopic (exact) mass is 611 g/mol. The topological polar surface area (TPSA) is 139 Å². The average molecular weight is 612 g/mol. The fourth-order valence-corrected chi connectivity index (χ4v) is 5.91. The molecule has 3 heterocycles. The van der Waals surface area contributed by atoms with Gasteiger partial charge >= 0.3 is 18.0 Å². The van der Waals surface area contributed by atoms with Gasteiger partial charge in [0.2, 0.25) is 10.0 Å². The van der Waals surface area contributed by atoms with E-state index in [4.69, 9.17) is 4.74 Å². The maximum atomic E-state index is 13.6. The minimum absolute atomic E-state index is 0.198. The molecule has 2 aromatic rings. The van der Waals surface area contributed by atoms with Crippen LogP contribution in [0.25, 0.3) is 0 Å². The lowest BCUT2D eigenvalue weighted by Gasteiger charge is -2.23. The second-order valence-electron chi connectivity index (χ2n) is 9.52. The van der Waals surface area contributed by atoms with Crippen molar-refractivity contribution in [2.75, 3.05) is 25.0 Å². The third kappa shape index (κ3) is 6.12. The predicted octanol–water partition coefficient (Wildman–Crippen LogP) is 1.92. The van der Waals surface area contributed by atoms with Crippen LogP contribution in [-0.4, -0.2) is 73.6 Å². The summed E-state index contributed by atoms with van der Waals surface area (Å²) in [5, 5.41) is 3.85. The molecule has 41 heavy (non-hydrogen) atoms. The highest BCUT2D eigenvalue weighted by atomic mass is 32.2. The van der Waals surface area contributed by atoms with Gasteiger partial charge in [-0.15, -0.1) is 0 Å². The van der Waals surface area contributed by atoms with E-state index in [0.717, 1.165) is 33.9 Å². The summed E-state index contributed by atoms with van der Waals surface area (Å²) in [5.74, 6) is -6.13. The first-order valence-corrected chi connectivity index (χ1v) is 13.4. The van der Waals surface area contributed by atoms with Gasteiger partial charge < -0.3 is 24.8 Å². The van der Waals surface area contributed by atoms with Crippen LogP contribution in [0.15, 0.2) is 29.3 Å². The van der Waals surface area contributed by atoms with Crippen LogP contribution < -0.4 is 20.1 Å². The van der Waals surface area contributed by atoms with Crippen molar-refractivity contribution in [1.82, 2.24) is 19.5 Å². The normalized spacial score (nSPS) is 20.8. The number of nitrogens with zero attached hydrogens (tertiary/aromatic N) is 2. The molecule has 0 saturated carbocycles. The van der Waals surface area contributed by atoms with Crippen LogP contribution >= 0.6 is 0 Å². The molecular formula is C23H23F6N5O6S. The van der Waals surface area contributed by atoms with Crippen LogP contribution in [0, 0.1) is 11.7 Å². The van der Waals surface area contributed by atoms with Crippen LogP contribution in [0.5, 0.6) is 5.75 Å². The molecule has 3 atom stereocenters. The molecule has 3 amide bonds. The lowest BCUT2D eigenvalue weighted by Crippen LogP contribution is -2.50. The van der Waals surface area contributed by atoms with E-state index >= 15 is 0 Å². The number of aromatic nitrogens is 1. The molecule has 1 fully saturated rings. The fourth-order valence-electron chi connectivity index (χ4n) is 4.43. The quantitative estimate of drug-likeness (QED) is 0.357. The number of anilines is 1. The molecule has 1 saturated heterocycles. The Labute approximate surface area is 228 Å². The molecule has 0 aliphatic carbocycles. The van der Waals surface area contributed by atoms with Crippen molar-refractivity contribution in [1.29, 1.82) is 0 Å². The third-order valence-corrected chi connectivity index (χ3v) is 8.09. The van der Waals surface area contributed by atoms with Gasteiger partial charge in [-0.1, -0.05) is 0 Å². The summed E-state index contributed by atoms with van der Waals surface area (Å²) < 4.78 is 114. The van der Waals surface area contributed by atoms with Crippen molar-refractivity contribution >= 4 is 33.4 Å². The van der Waals surface area contributed by atoms with Crippen molar-refractivity contribution in [2.45, 2.75) is 36.5 Å². The third-order valence-electron chi connectivity index (χ3n) is 6.61. The number of alkyl halides is 5. The molecule has 0 spiro atoms. The van der Waals surface area contributed by atoms with Gasteiger partial charge in [0.25, 0.3) is 12.3 Å². The maximum Gasteiger partial charge on any atom is 0.408 e. The molecule has 18 heteroatoms. The largest absolute Gasteiger partial charge is 0.489 e. The number of aryl methyl sites for hydroxylation is 1. The Morgan fingerprint density at radius 2 is 1.85 bits per heavy atom. The summed E-state index contributed by atoms with van der Waals surface area (Å²) >= 11 is 0. The van der Waals surface area contributed by atoms with Gasteiger partial charge in [-0.05, 0) is 25.1 Å². The van der Waals surface area contributed by atoms with Crippen molar-refractivity contribution in [3.63, 3.8) is 0 Å². The van der Waals surface area contributed by atoms with E-state index in [0.29, 0.717) is 6.92 Å². The number of fused-ring (bicyclic) bond motifs is 2. The summed E-state index contributed by atoms with van der Waals surface area (Å²) in [4.78, 5) is 38.1. The number of likely N-dealkylation sites (tertiary alicyclic amines) is 1. The number of carbonyl (C=O) groups excluding carboxylic acids is 3. The predicted molar refractivity (Wildman–Crippen MR) is 128 cm³/mol. The van der Waals surface area contributed by atoms with Crippen LogP contribution in [0.3, 0.4) is 0 Å². The zero-order valence-corrected chi connectivity index (χ0v) is 22.1. The smallest absolute Gasteiger partial charge is 0.408 e. The molecule has 0 radical (unpaired) electrons. The van der Waals surface area contributed by atoms with E-state index < -0.39 is 80.4 Å². The molecular weight excluding hydrogens is 588 g/mol. The van der Waals surface area contributed by atoms with Crippen LogP contribution in [0.2, 0.25) is 0 Å². The number of hydrogen-bond acceptors (Lipinski definition) is 6. The number of nitrogens with one attached hydrogen (secondary N) is 3. The first-order chi connectivity index (χ1) is 19.0. The van der Waals surface area contributed by atoms with Gasteiger partial charge in [0.05, 0.1) is 12.2 Å². The maximum absolute atomic E-state index is 13.6.